The molecule has 1 heterocycles. The monoisotopic (exact) mass is 194 g/mol. The smallest absolute Gasteiger partial charge is 0.0731 e. The van der Waals surface area contributed by atoms with Crippen molar-refractivity contribution in [2.24, 2.45) is 0 Å². The predicted octanol–water partition coefficient (Wildman–Crippen LogP) is 1.55. The molecule has 0 N–H and O–H groups in total. The van der Waals surface area contributed by atoms with Gasteiger partial charge in [0.05, 0.1) is 6.61 Å². The molecule has 0 aliphatic carbocycles. The van der Waals surface area contributed by atoms with Crippen LogP contribution in [0.1, 0.15) is 12.0 Å². The van der Waals surface area contributed by atoms with Gasteiger partial charge in [-0.1, -0.05) is 6.07 Å². The number of pyridine rings is 1. The highest BCUT2D eigenvalue weighted by Crippen LogP contribution is 1.98. The molecule has 0 fully saturated rings. The third-order valence-electron chi connectivity index (χ3n) is 1.89. The summed E-state index contributed by atoms with van der Waals surface area (Å²) in [5, 5.41) is 0. The zero-order valence-electron chi connectivity index (χ0n) is 8.94. The Bertz CT molecular complexity index is 236. The summed E-state index contributed by atoms with van der Waals surface area (Å²) in [6.07, 6.45) is 4.69. The quantitative estimate of drug-likeness (QED) is 0.642. The molecule has 0 atom stereocenters. The average molecular weight is 194 g/mol. The van der Waals surface area contributed by atoms with E-state index < -0.39 is 0 Å². The second kappa shape index (κ2) is 6.51. The standard InChI is InChI=1S/C11H18N2O/c1-13(2)7-4-8-14-10-11-5-3-6-12-9-11/h3,5-6,9H,4,7-8,10H2,1-2H3. The van der Waals surface area contributed by atoms with Crippen molar-refractivity contribution >= 4 is 0 Å². The maximum absolute atomic E-state index is 5.50. The molecule has 3 nitrogen and oxygen atoms in total. The van der Waals surface area contributed by atoms with Gasteiger partial charge in [-0.25, -0.2) is 0 Å². The summed E-state index contributed by atoms with van der Waals surface area (Å²) in [6.45, 7) is 2.56. The van der Waals surface area contributed by atoms with E-state index in [4.69, 9.17) is 4.74 Å². The van der Waals surface area contributed by atoms with Crippen molar-refractivity contribution in [3.05, 3.63) is 30.1 Å². The van der Waals surface area contributed by atoms with Crippen LogP contribution in [0.2, 0.25) is 0 Å². The molecule has 0 bridgehead atoms. The van der Waals surface area contributed by atoms with Crippen molar-refractivity contribution in [1.29, 1.82) is 0 Å². The van der Waals surface area contributed by atoms with Crippen LogP contribution in [0.25, 0.3) is 0 Å². The highest BCUT2D eigenvalue weighted by atomic mass is 16.5. The molecule has 14 heavy (non-hydrogen) atoms. The van der Waals surface area contributed by atoms with E-state index in [9.17, 15) is 0 Å². The maximum atomic E-state index is 5.50. The fourth-order valence-corrected chi connectivity index (χ4v) is 1.16. The summed E-state index contributed by atoms with van der Waals surface area (Å²) in [7, 11) is 4.14. The van der Waals surface area contributed by atoms with Crippen molar-refractivity contribution in [3.8, 4) is 0 Å². The van der Waals surface area contributed by atoms with Gasteiger partial charge in [0.1, 0.15) is 0 Å². The third kappa shape index (κ3) is 4.94. The molecule has 0 aliphatic heterocycles. The molecule has 0 amide bonds. The number of nitrogens with zero attached hydrogens (tertiary/aromatic N) is 2. The summed E-state index contributed by atoms with van der Waals surface area (Å²) >= 11 is 0. The molecule has 1 rings (SSSR count). The summed E-state index contributed by atoms with van der Waals surface area (Å²) in [6, 6.07) is 3.96. The van der Waals surface area contributed by atoms with E-state index in [2.05, 4.69) is 24.0 Å². The van der Waals surface area contributed by atoms with Gasteiger partial charge in [0.25, 0.3) is 0 Å². The minimum atomic E-state index is 0.668. The molecule has 0 saturated carbocycles. The third-order valence-corrected chi connectivity index (χ3v) is 1.89. The van der Waals surface area contributed by atoms with E-state index in [1.807, 2.05) is 18.3 Å². The van der Waals surface area contributed by atoms with Crippen LogP contribution in [0.15, 0.2) is 24.5 Å². The van der Waals surface area contributed by atoms with Gasteiger partial charge in [0, 0.05) is 19.0 Å². The van der Waals surface area contributed by atoms with Gasteiger partial charge in [-0.2, -0.15) is 0 Å². The number of rotatable bonds is 6. The molecule has 3 heteroatoms. The maximum Gasteiger partial charge on any atom is 0.0731 e. The first-order valence-electron chi connectivity index (χ1n) is 4.90. The van der Waals surface area contributed by atoms with Crippen molar-refractivity contribution < 1.29 is 4.74 Å². The van der Waals surface area contributed by atoms with E-state index in [0.29, 0.717) is 6.61 Å². The Kier molecular flexibility index (Phi) is 5.19. The lowest BCUT2D eigenvalue weighted by atomic mass is 10.3. The molecule has 1 aromatic rings. The zero-order chi connectivity index (χ0) is 10.2. The largest absolute Gasteiger partial charge is 0.377 e. The predicted molar refractivity (Wildman–Crippen MR) is 57.1 cm³/mol. The Morgan fingerprint density at radius 3 is 2.93 bits per heavy atom. The Balaban J connectivity index is 2.05. The topological polar surface area (TPSA) is 25.4 Å². The highest BCUT2D eigenvalue weighted by molar-refractivity contribution is 5.06. The van der Waals surface area contributed by atoms with Gasteiger partial charge in [-0.15, -0.1) is 0 Å². The first-order valence-corrected chi connectivity index (χ1v) is 4.90. The number of aromatic nitrogens is 1. The minimum absolute atomic E-state index is 0.668. The number of ether oxygens (including phenoxy) is 1. The van der Waals surface area contributed by atoms with Crippen molar-refractivity contribution in [3.63, 3.8) is 0 Å². The van der Waals surface area contributed by atoms with Gasteiger partial charge in [-0.3, -0.25) is 4.98 Å². The summed E-state index contributed by atoms with van der Waals surface area (Å²) in [5.41, 5.74) is 1.14. The van der Waals surface area contributed by atoms with Crippen molar-refractivity contribution in [2.75, 3.05) is 27.2 Å². The molecule has 0 aromatic carbocycles. The molecule has 0 radical (unpaired) electrons. The van der Waals surface area contributed by atoms with Crippen LogP contribution in [-0.4, -0.2) is 37.1 Å². The second-order valence-corrected chi connectivity index (χ2v) is 3.57. The van der Waals surface area contributed by atoms with Gasteiger partial charge >= 0.3 is 0 Å². The van der Waals surface area contributed by atoms with Crippen LogP contribution in [0, 0.1) is 0 Å². The molecular formula is C11H18N2O. The summed E-state index contributed by atoms with van der Waals surface area (Å²) in [4.78, 5) is 6.18. The first kappa shape index (κ1) is 11.1. The van der Waals surface area contributed by atoms with Crippen LogP contribution in [0.5, 0.6) is 0 Å². The van der Waals surface area contributed by atoms with E-state index in [1.165, 1.54) is 0 Å². The fourth-order valence-electron chi connectivity index (χ4n) is 1.16. The highest BCUT2D eigenvalue weighted by Gasteiger charge is 1.93. The van der Waals surface area contributed by atoms with E-state index in [-0.39, 0.29) is 0 Å². The summed E-state index contributed by atoms with van der Waals surface area (Å²) < 4.78 is 5.50. The van der Waals surface area contributed by atoms with Gasteiger partial charge < -0.3 is 9.64 Å². The first-order chi connectivity index (χ1) is 6.79. The lowest BCUT2D eigenvalue weighted by Gasteiger charge is -2.09. The number of hydrogen-bond acceptors (Lipinski definition) is 3. The molecule has 0 saturated heterocycles. The SMILES string of the molecule is CN(C)CCCOCc1cccnc1. The van der Waals surface area contributed by atoms with Crippen LogP contribution in [0.4, 0.5) is 0 Å². The Morgan fingerprint density at radius 1 is 1.43 bits per heavy atom. The van der Waals surface area contributed by atoms with Gasteiger partial charge in [0.15, 0.2) is 0 Å². The molecular weight excluding hydrogens is 176 g/mol. The Labute approximate surface area is 85.7 Å². The van der Waals surface area contributed by atoms with E-state index >= 15 is 0 Å². The van der Waals surface area contributed by atoms with Crippen LogP contribution in [0.3, 0.4) is 0 Å². The normalized spacial score (nSPS) is 10.8. The Morgan fingerprint density at radius 2 is 2.29 bits per heavy atom. The van der Waals surface area contributed by atoms with Crippen LogP contribution < -0.4 is 0 Å². The van der Waals surface area contributed by atoms with Crippen molar-refractivity contribution in [1.82, 2.24) is 9.88 Å². The second-order valence-electron chi connectivity index (χ2n) is 3.57. The van der Waals surface area contributed by atoms with E-state index in [1.54, 1.807) is 6.20 Å². The van der Waals surface area contributed by atoms with E-state index in [0.717, 1.165) is 25.1 Å². The fraction of sp³-hybridized carbons (Fsp3) is 0.545. The van der Waals surface area contributed by atoms with Crippen LogP contribution >= 0.6 is 0 Å². The Hall–Kier alpha value is -0.930. The molecule has 0 unspecified atom stereocenters. The van der Waals surface area contributed by atoms with Crippen molar-refractivity contribution in [2.45, 2.75) is 13.0 Å². The average Bonchev–Trinajstić information content (AvgIpc) is 2.18. The molecule has 78 valence electrons. The summed E-state index contributed by atoms with van der Waals surface area (Å²) in [5.74, 6) is 0. The van der Waals surface area contributed by atoms with Crippen LogP contribution in [-0.2, 0) is 11.3 Å². The number of hydrogen-bond donors (Lipinski definition) is 0. The van der Waals surface area contributed by atoms with Gasteiger partial charge in [0.2, 0.25) is 0 Å². The lowest BCUT2D eigenvalue weighted by Crippen LogP contribution is -2.14. The molecule has 0 spiro atoms. The minimum Gasteiger partial charge on any atom is -0.377 e. The zero-order valence-corrected chi connectivity index (χ0v) is 8.94. The van der Waals surface area contributed by atoms with Gasteiger partial charge in [-0.05, 0) is 38.7 Å². The molecule has 0 aliphatic rings. The lowest BCUT2D eigenvalue weighted by molar-refractivity contribution is 0.113. The molecule has 1 aromatic heterocycles.